The van der Waals surface area contributed by atoms with Gasteiger partial charge in [0.15, 0.2) is 0 Å². The summed E-state index contributed by atoms with van der Waals surface area (Å²) in [7, 11) is -1.25. The summed E-state index contributed by atoms with van der Waals surface area (Å²) in [5.41, 5.74) is 6.12. The Balaban J connectivity index is 1.91. The molecule has 1 atom stereocenters. The molecule has 1 fully saturated rings. The van der Waals surface area contributed by atoms with Crippen LogP contribution in [0, 0.1) is 5.82 Å². The Morgan fingerprint density at radius 1 is 1.45 bits per heavy atom. The third-order valence-electron chi connectivity index (χ3n) is 3.10. The normalized spacial score (nSPS) is 17.6. The number of rotatable bonds is 4. The molecule has 0 saturated carbocycles. The molecule has 3 N–H and O–H groups in total. The van der Waals surface area contributed by atoms with Crippen molar-refractivity contribution in [3.8, 4) is 0 Å². The molecule has 5 nitrogen and oxygen atoms in total. The Labute approximate surface area is 119 Å². The van der Waals surface area contributed by atoms with Gasteiger partial charge in [0, 0.05) is 29.3 Å². The third kappa shape index (κ3) is 4.01. The average Bonchev–Trinajstić information content (AvgIpc) is 2.43. The minimum Gasteiger partial charge on any atom is -0.397 e. The van der Waals surface area contributed by atoms with Gasteiger partial charge in [0.25, 0.3) is 0 Å². The molecule has 0 aromatic heterocycles. The molecule has 1 aromatic carbocycles. The van der Waals surface area contributed by atoms with E-state index in [2.05, 4.69) is 5.32 Å². The molecule has 1 aliphatic rings. The molecule has 110 valence electrons. The number of hydrogen-bond donors (Lipinski definition) is 2. The first-order chi connectivity index (χ1) is 9.56. The van der Waals surface area contributed by atoms with Gasteiger partial charge in [-0.15, -0.1) is 0 Å². The van der Waals surface area contributed by atoms with Crippen LogP contribution in [0.4, 0.5) is 15.8 Å². The molecule has 1 aromatic rings. The first-order valence-corrected chi connectivity index (χ1v) is 7.74. The molecule has 1 heterocycles. The number of ether oxygens (including phenoxy) is 1. The highest BCUT2D eigenvalue weighted by Crippen LogP contribution is 2.19. The molecule has 0 bridgehead atoms. The largest absolute Gasteiger partial charge is 0.397 e. The van der Waals surface area contributed by atoms with Gasteiger partial charge >= 0.3 is 0 Å². The second-order valence-electron chi connectivity index (χ2n) is 4.62. The third-order valence-corrected chi connectivity index (χ3v) is 4.86. The van der Waals surface area contributed by atoms with Gasteiger partial charge in [-0.3, -0.25) is 9.00 Å². The molecule has 0 radical (unpaired) electrons. The number of carbonyl (C=O) groups excluding carboxylic acids is 1. The number of nitrogens with one attached hydrogen (secondary N) is 1. The smallest absolute Gasteiger partial charge is 0.237 e. The summed E-state index contributed by atoms with van der Waals surface area (Å²) in [6.07, 6.45) is 1.39. The maximum atomic E-state index is 13.1. The molecular formula is C13H17FN2O3S. The number of halogens is 1. The fourth-order valence-electron chi connectivity index (χ4n) is 2.01. The number of benzene rings is 1. The van der Waals surface area contributed by atoms with Gasteiger partial charge in [0.2, 0.25) is 5.91 Å². The summed E-state index contributed by atoms with van der Waals surface area (Å²) >= 11 is 0. The number of hydrogen-bond acceptors (Lipinski definition) is 4. The van der Waals surface area contributed by atoms with Crippen LogP contribution in [0.3, 0.4) is 0 Å². The Bertz CT molecular complexity index is 518. The van der Waals surface area contributed by atoms with E-state index in [-0.39, 0.29) is 22.4 Å². The second kappa shape index (κ2) is 6.81. The maximum Gasteiger partial charge on any atom is 0.237 e. The van der Waals surface area contributed by atoms with E-state index in [1.54, 1.807) is 0 Å². The second-order valence-corrected chi connectivity index (χ2v) is 6.33. The van der Waals surface area contributed by atoms with E-state index >= 15 is 0 Å². The fraction of sp³-hybridized carbons (Fsp3) is 0.462. The van der Waals surface area contributed by atoms with Crippen LogP contribution in [0.15, 0.2) is 18.2 Å². The van der Waals surface area contributed by atoms with Crippen LogP contribution < -0.4 is 11.1 Å². The van der Waals surface area contributed by atoms with E-state index in [1.165, 1.54) is 12.1 Å². The predicted octanol–water partition coefficient (Wildman–Crippen LogP) is 1.27. The molecule has 0 spiro atoms. The minimum atomic E-state index is -1.25. The number of nitrogens with two attached hydrogens (primary N) is 1. The number of anilines is 2. The molecule has 1 amide bonds. The summed E-state index contributed by atoms with van der Waals surface area (Å²) < 4.78 is 30.3. The SMILES string of the molecule is Nc1ccc(F)cc1NC(=O)CS(=O)C1CCOCC1. The maximum absolute atomic E-state index is 13.1. The first kappa shape index (κ1) is 14.9. The van der Waals surface area contributed by atoms with Crippen LogP contribution in [0.25, 0.3) is 0 Å². The lowest BCUT2D eigenvalue weighted by atomic mass is 10.2. The van der Waals surface area contributed by atoms with Crippen LogP contribution in [0.1, 0.15) is 12.8 Å². The Morgan fingerprint density at radius 3 is 2.85 bits per heavy atom. The highest BCUT2D eigenvalue weighted by atomic mass is 32.2. The Hall–Kier alpha value is -1.47. The first-order valence-electron chi connectivity index (χ1n) is 6.36. The lowest BCUT2D eigenvalue weighted by molar-refractivity contribution is -0.113. The van der Waals surface area contributed by atoms with Crippen molar-refractivity contribution in [3.63, 3.8) is 0 Å². The highest BCUT2D eigenvalue weighted by Gasteiger charge is 2.22. The number of carbonyl (C=O) groups is 1. The molecule has 20 heavy (non-hydrogen) atoms. The minimum absolute atomic E-state index is 0.0145. The summed E-state index contributed by atoms with van der Waals surface area (Å²) in [6.45, 7) is 1.16. The van der Waals surface area contributed by atoms with Gasteiger partial charge in [-0.2, -0.15) is 0 Å². The van der Waals surface area contributed by atoms with Gasteiger partial charge in [-0.05, 0) is 31.0 Å². The van der Waals surface area contributed by atoms with Gasteiger partial charge in [-0.25, -0.2) is 4.39 Å². The van der Waals surface area contributed by atoms with E-state index < -0.39 is 22.5 Å². The summed E-state index contributed by atoms with van der Waals surface area (Å²) in [5, 5.41) is 2.48. The zero-order valence-electron chi connectivity index (χ0n) is 10.9. The monoisotopic (exact) mass is 300 g/mol. The summed E-state index contributed by atoms with van der Waals surface area (Å²) in [6, 6.07) is 3.73. The van der Waals surface area contributed by atoms with Crippen molar-refractivity contribution in [1.82, 2.24) is 0 Å². The average molecular weight is 300 g/mol. The standard InChI is InChI=1S/C13H17FN2O3S/c14-9-1-2-11(15)12(7-9)16-13(17)8-20(18)10-3-5-19-6-4-10/h1-2,7,10H,3-6,8,15H2,(H,16,17). The summed E-state index contributed by atoms with van der Waals surface area (Å²) in [5.74, 6) is -1.02. The van der Waals surface area contributed by atoms with Crippen molar-refractivity contribution < 1.29 is 18.1 Å². The van der Waals surface area contributed by atoms with Crippen molar-refractivity contribution in [2.45, 2.75) is 18.1 Å². The predicted molar refractivity (Wildman–Crippen MR) is 76.3 cm³/mol. The highest BCUT2D eigenvalue weighted by molar-refractivity contribution is 7.86. The molecule has 1 saturated heterocycles. The van der Waals surface area contributed by atoms with Crippen molar-refractivity contribution in [1.29, 1.82) is 0 Å². The van der Waals surface area contributed by atoms with Crippen molar-refractivity contribution in [2.24, 2.45) is 0 Å². The zero-order chi connectivity index (χ0) is 14.5. The molecule has 0 aliphatic carbocycles. The molecule has 1 unspecified atom stereocenters. The van der Waals surface area contributed by atoms with E-state index in [4.69, 9.17) is 10.5 Å². The van der Waals surface area contributed by atoms with E-state index in [1.807, 2.05) is 0 Å². The van der Waals surface area contributed by atoms with Crippen LogP contribution >= 0.6 is 0 Å². The molecular weight excluding hydrogens is 283 g/mol. The van der Waals surface area contributed by atoms with Crippen molar-refractivity contribution in [2.75, 3.05) is 30.0 Å². The van der Waals surface area contributed by atoms with Crippen LogP contribution in [-0.2, 0) is 20.3 Å². The molecule has 7 heteroatoms. The van der Waals surface area contributed by atoms with Crippen LogP contribution in [0.2, 0.25) is 0 Å². The molecule has 2 rings (SSSR count). The molecule has 1 aliphatic heterocycles. The van der Waals surface area contributed by atoms with E-state index in [9.17, 15) is 13.4 Å². The van der Waals surface area contributed by atoms with E-state index in [0.29, 0.717) is 26.1 Å². The summed E-state index contributed by atoms with van der Waals surface area (Å²) in [4.78, 5) is 11.8. The topological polar surface area (TPSA) is 81.4 Å². The van der Waals surface area contributed by atoms with Gasteiger partial charge in [0.1, 0.15) is 11.6 Å². The quantitative estimate of drug-likeness (QED) is 0.821. The van der Waals surface area contributed by atoms with Gasteiger partial charge in [0.05, 0.1) is 11.4 Å². The van der Waals surface area contributed by atoms with Crippen molar-refractivity contribution >= 4 is 28.1 Å². The van der Waals surface area contributed by atoms with Crippen LogP contribution in [0.5, 0.6) is 0 Å². The van der Waals surface area contributed by atoms with E-state index in [0.717, 1.165) is 6.07 Å². The fourth-order valence-corrected chi connectivity index (χ4v) is 3.29. The number of amides is 1. The van der Waals surface area contributed by atoms with Gasteiger partial charge < -0.3 is 15.8 Å². The van der Waals surface area contributed by atoms with Crippen molar-refractivity contribution in [3.05, 3.63) is 24.0 Å². The Kier molecular flexibility index (Phi) is 5.08. The van der Waals surface area contributed by atoms with Gasteiger partial charge in [-0.1, -0.05) is 0 Å². The zero-order valence-corrected chi connectivity index (χ0v) is 11.7. The van der Waals surface area contributed by atoms with Crippen LogP contribution in [-0.4, -0.2) is 34.3 Å². The Morgan fingerprint density at radius 2 is 2.15 bits per heavy atom. The number of nitrogen functional groups attached to an aromatic ring is 1. The lowest BCUT2D eigenvalue weighted by Gasteiger charge is -2.21. The lowest BCUT2D eigenvalue weighted by Crippen LogP contribution is -2.30.